The Hall–Kier alpha value is -2.55. The zero-order valence-electron chi connectivity index (χ0n) is 13.5. The molecule has 0 spiro atoms. The summed E-state index contributed by atoms with van der Waals surface area (Å²) in [4.78, 5) is 0. The highest BCUT2D eigenvalue weighted by atomic mass is 32.2. The van der Waals surface area contributed by atoms with Crippen LogP contribution in [0.1, 0.15) is 35.0 Å². The molecule has 2 aromatic heterocycles. The van der Waals surface area contributed by atoms with Crippen LogP contribution in [0.15, 0.2) is 34.9 Å². The second-order valence-corrected chi connectivity index (χ2v) is 7.86. The largest absolute Gasteiger partial charge is 0.361 e. The Morgan fingerprint density at radius 2 is 1.92 bits per heavy atom. The second-order valence-electron chi connectivity index (χ2n) is 5.54. The minimum atomic E-state index is -3.55. The molecule has 0 radical (unpaired) electrons. The van der Waals surface area contributed by atoms with E-state index in [0.29, 0.717) is 22.7 Å². The molecule has 0 bridgehead atoms. The molecule has 3 rings (SSSR count). The lowest BCUT2D eigenvalue weighted by Crippen LogP contribution is -2.18. The maximum atomic E-state index is 12.8. The average molecular weight is 347 g/mol. The van der Waals surface area contributed by atoms with Crippen LogP contribution in [0.5, 0.6) is 0 Å². The molecule has 0 saturated heterocycles. The van der Waals surface area contributed by atoms with Crippen LogP contribution in [-0.4, -0.2) is 33.8 Å². The number of rotatable bonds is 5. The van der Waals surface area contributed by atoms with Crippen LogP contribution in [0.4, 0.5) is 0 Å². The van der Waals surface area contributed by atoms with Gasteiger partial charge in [0.15, 0.2) is 15.7 Å². The van der Waals surface area contributed by atoms with Gasteiger partial charge in [-0.05, 0) is 43.3 Å². The Bertz CT molecular complexity index is 927. The normalized spacial score (nSPS) is 13.1. The number of hydrogen-bond acceptors (Lipinski definition) is 7. The average Bonchev–Trinajstić information content (AvgIpc) is 3.17. The molecule has 0 amide bonds. The van der Waals surface area contributed by atoms with Crippen LogP contribution in [0.3, 0.4) is 0 Å². The van der Waals surface area contributed by atoms with Gasteiger partial charge in [0.25, 0.3) is 0 Å². The summed E-state index contributed by atoms with van der Waals surface area (Å²) in [6, 6.07) is 9.17. The Kier molecular flexibility index (Phi) is 4.18. The molecule has 0 saturated carbocycles. The Morgan fingerprint density at radius 3 is 2.54 bits per heavy atom. The van der Waals surface area contributed by atoms with E-state index in [4.69, 9.17) is 4.52 Å². The van der Waals surface area contributed by atoms with Crippen molar-refractivity contribution in [3.8, 4) is 5.69 Å². The van der Waals surface area contributed by atoms with E-state index in [1.54, 1.807) is 20.8 Å². The predicted octanol–water partition coefficient (Wildman–Crippen LogP) is 1.94. The summed E-state index contributed by atoms with van der Waals surface area (Å²) in [5.41, 5.74) is 1.86. The van der Waals surface area contributed by atoms with Crippen molar-refractivity contribution < 1.29 is 12.9 Å². The number of para-hydroxylation sites is 1. The zero-order valence-corrected chi connectivity index (χ0v) is 14.4. The van der Waals surface area contributed by atoms with Gasteiger partial charge in [-0.15, -0.1) is 5.10 Å². The van der Waals surface area contributed by atoms with Crippen LogP contribution in [0.2, 0.25) is 0 Å². The maximum absolute atomic E-state index is 12.8. The summed E-state index contributed by atoms with van der Waals surface area (Å²) in [6.07, 6.45) is 0. The quantitative estimate of drug-likeness (QED) is 0.694. The standard InChI is InChI=1S/C15H17N5O3S/c1-10-14(11(2)23-17-10)9-24(21,22)12(3)15-16-18-19-20(15)13-7-5-4-6-8-13/h4-8,12H,9H2,1-3H3/t12-/m1/s1. The first kappa shape index (κ1) is 16.3. The van der Waals surface area contributed by atoms with Gasteiger partial charge in [0.1, 0.15) is 11.0 Å². The third-order valence-corrected chi connectivity index (χ3v) is 5.90. The molecule has 9 heteroatoms. The van der Waals surface area contributed by atoms with Crippen molar-refractivity contribution >= 4 is 9.84 Å². The summed E-state index contributed by atoms with van der Waals surface area (Å²) in [5, 5.41) is 14.4. The van der Waals surface area contributed by atoms with Crippen LogP contribution in [-0.2, 0) is 15.6 Å². The number of aromatic nitrogens is 5. The third-order valence-electron chi connectivity index (χ3n) is 3.92. The van der Waals surface area contributed by atoms with Gasteiger partial charge in [-0.2, -0.15) is 4.68 Å². The maximum Gasteiger partial charge on any atom is 0.174 e. The van der Waals surface area contributed by atoms with E-state index in [2.05, 4.69) is 20.7 Å². The van der Waals surface area contributed by atoms with Crippen LogP contribution < -0.4 is 0 Å². The van der Waals surface area contributed by atoms with Gasteiger partial charge in [-0.3, -0.25) is 0 Å². The number of sulfone groups is 1. The van der Waals surface area contributed by atoms with Gasteiger partial charge in [-0.1, -0.05) is 23.4 Å². The molecule has 126 valence electrons. The van der Waals surface area contributed by atoms with Gasteiger partial charge in [0, 0.05) is 5.56 Å². The predicted molar refractivity (Wildman–Crippen MR) is 86.2 cm³/mol. The molecule has 3 aromatic rings. The number of tetrazole rings is 1. The second kappa shape index (κ2) is 6.16. The fourth-order valence-electron chi connectivity index (χ4n) is 2.40. The fourth-order valence-corrected chi connectivity index (χ4v) is 3.93. The number of benzene rings is 1. The minimum Gasteiger partial charge on any atom is -0.361 e. The van der Waals surface area contributed by atoms with Gasteiger partial charge < -0.3 is 4.52 Å². The summed E-state index contributed by atoms with van der Waals surface area (Å²) in [7, 11) is -3.55. The van der Waals surface area contributed by atoms with E-state index in [1.807, 2.05) is 30.3 Å². The van der Waals surface area contributed by atoms with Crippen molar-refractivity contribution in [2.24, 2.45) is 0 Å². The molecular formula is C15H17N5O3S. The molecule has 1 aromatic carbocycles. The van der Waals surface area contributed by atoms with Crippen LogP contribution >= 0.6 is 0 Å². The lowest BCUT2D eigenvalue weighted by Gasteiger charge is -2.12. The van der Waals surface area contributed by atoms with E-state index in [1.165, 1.54) is 4.68 Å². The number of nitrogens with zero attached hydrogens (tertiary/aromatic N) is 5. The van der Waals surface area contributed by atoms with Gasteiger partial charge in [0.2, 0.25) is 0 Å². The van der Waals surface area contributed by atoms with Crippen molar-refractivity contribution in [2.75, 3.05) is 0 Å². The Balaban J connectivity index is 1.95. The van der Waals surface area contributed by atoms with Crippen molar-refractivity contribution in [2.45, 2.75) is 31.8 Å². The number of hydrogen-bond donors (Lipinski definition) is 0. The first-order valence-corrected chi connectivity index (χ1v) is 9.08. The summed E-state index contributed by atoms with van der Waals surface area (Å²) < 4.78 is 32.1. The topological polar surface area (TPSA) is 104 Å². The summed E-state index contributed by atoms with van der Waals surface area (Å²) in [5.74, 6) is 0.607. The molecule has 2 heterocycles. The van der Waals surface area contributed by atoms with Crippen molar-refractivity contribution in [1.82, 2.24) is 25.4 Å². The lowest BCUT2D eigenvalue weighted by atomic mass is 10.2. The SMILES string of the molecule is Cc1noc(C)c1CS(=O)(=O)[C@H](C)c1nnnn1-c1ccccc1. The van der Waals surface area contributed by atoms with E-state index >= 15 is 0 Å². The van der Waals surface area contributed by atoms with Crippen LogP contribution in [0.25, 0.3) is 5.69 Å². The van der Waals surface area contributed by atoms with Gasteiger partial charge in [0.05, 0.1) is 17.1 Å². The minimum absolute atomic E-state index is 0.170. The first-order valence-electron chi connectivity index (χ1n) is 7.37. The Morgan fingerprint density at radius 1 is 1.21 bits per heavy atom. The van der Waals surface area contributed by atoms with Crippen molar-refractivity contribution in [1.29, 1.82) is 0 Å². The number of aryl methyl sites for hydroxylation is 2. The molecule has 0 N–H and O–H groups in total. The van der Waals surface area contributed by atoms with Crippen LogP contribution in [0, 0.1) is 13.8 Å². The Labute approximate surface area is 139 Å². The van der Waals surface area contributed by atoms with Gasteiger partial charge >= 0.3 is 0 Å². The highest BCUT2D eigenvalue weighted by Gasteiger charge is 2.30. The van der Waals surface area contributed by atoms with Gasteiger partial charge in [-0.25, -0.2) is 8.42 Å². The first-order chi connectivity index (χ1) is 11.4. The molecule has 0 unspecified atom stereocenters. The highest BCUT2D eigenvalue weighted by molar-refractivity contribution is 7.90. The molecule has 8 nitrogen and oxygen atoms in total. The summed E-state index contributed by atoms with van der Waals surface area (Å²) >= 11 is 0. The van der Waals surface area contributed by atoms with Crippen molar-refractivity contribution in [3.05, 3.63) is 53.2 Å². The van der Waals surface area contributed by atoms with E-state index in [-0.39, 0.29) is 11.6 Å². The molecule has 1 atom stereocenters. The molecule has 24 heavy (non-hydrogen) atoms. The molecule has 0 fully saturated rings. The van der Waals surface area contributed by atoms with E-state index in [9.17, 15) is 8.42 Å². The fraction of sp³-hybridized carbons (Fsp3) is 0.333. The smallest absolute Gasteiger partial charge is 0.174 e. The van der Waals surface area contributed by atoms with E-state index in [0.717, 1.165) is 0 Å². The highest BCUT2D eigenvalue weighted by Crippen LogP contribution is 2.27. The molecule has 0 aliphatic rings. The molecule has 0 aliphatic carbocycles. The zero-order chi connectivity index (χ0) is 17.3. The summed E-state index contributed by atoms with van der Waals surface area (Å²) in [6.45, 7) is 5.00. The van der Waals surface area contributed by atoms with E-state index < -0.39 is 15.1 Å². The lowest BCUT2D eigenvalue weighted by molar-refractivity contribution is 0.392. The third kappa shape index (κ3) is 2.94. The molecule has 0 aliphatic heterocycles. The van der Waals surface area contributed by atoms with Crippen molar-refractivity contribution in [3.63, 3.8) is 0 Å². The monoisotopic (exact) mass is 347 g/mol. The molecular weight excluding hydrogens is 330 g/mol.